The molecule has 0 aromatic carbocycles. The lowest BCUT2D eigenvalue weighted by molar-refractivity contribution is -0.131. The summed E-state index contributed by atoms with van der Waals surface area (Å²) in [4.78, 5) is 23.2. The van der Waals surface area contributed by atoms with Crippen molar-refractivity contribution < 1.29 is 28.5 Å². The summed E-state index contributed by atoms with van der Waals surface area (Å²) in [5, 5.41) is 6.03. The van der Waals surface area contributed by atoms with Crippen molar-refractivity contribution in [1.82, 2.24) is 10.6 Å². The van der Waals surface area contributed by atoms with Crippen LogP contribution in [0, 0.1) is 5.41 Å². The molecule has 8 heteroatoms. The van der Waals surface area contributed by atoms with E-state index < -0.39 is 0 Å². The average molecular weight is 405 g/mol. The van der Waals surface area contributed by atoms with Gasteiger partial charge in [-0.25, -0.2) is 0 Å². The first-order valence-corrected chi connectivity index (χ1v) is 9.88. The molecule has 1 amide bonds. The third-order valence-electron chi connectivity index (χ3n) is 3.52. The fourth-order valence-electron chi connectivity index (χ4n) is 1.80. The zero-order valence-corrected chi connectivity index (χ0v) is 18.5. The van der Waals surface area contributed by atoms with Crippen LogP contribution < -0.4 is 10.6 Å². The number of ether oxygens (including phenoxy) is 4. The van der Waals surface area contributed by atoms with Crippen LogP contribution in [0.3, 0.4) is 0 Å². The summed E-state index contributed by atoms with van der Waals surface area (Å²) in [5.74, 6) is -0.128. The Balaban J connectivity index is 3.35. The second-order valence-electron chi connectivity index (χ2n) is 8.53. The third kappa shape index (κ3) is 18.3. The molecule has 0 saturated carbocycles. The van der Waals surface area contributed by atoms with Crippen molar-refractivity contribution >= 4 is 11.7 Å². The third-order valence-corrected chi connectivity index (χ3v) is 3.52. The van der Waals surface area contributed by atoms with Crippen LogP contribution in [0.5, 0.6) is 0 Å². The molecular formula is C20H40N2O6. The molecule has 0 aliphatic rings. The summed E-state index contributed by atoms with van der Waals surface area (Å²) in [7, 11) is 0. The molecule has 0 aromatic heterocycles. The van der Waals surface area contributed by atoms with Gasteiger partial charge in [0.2, 0.25) is 5.91 Å². The van der Waals surface area contributed by atoms with E-state index in [1.54, 1.807) is 0 Å². The maximum atomic E-state index is 11.6. The lowest BCUT2D eigenvalue weighted by Gasteiger charge is -2.20. The molecule has 0 aliphatic heterocycles. The quantitative estimate of drug-likeness (QED) is 0.373. The van der Waals surface area contributed by atoms with Gasteiger partial charge in [-0.15, -0.1) is 0 Å². The molecule has 0 atom stereocenters. The Kier molecular flexibility index (Phi) is 14.3. The normalized spacial score (nSPS) is 12.2. The van der Waals surface area contributed by atoms with Crippen LogP contribution in [0.1, 0.15) is 41.5 Å². The van der Waals surface area contributed by atoms with E-state index in [2.05, 4.69) is 31.4 Å². The number of rotatable bonds is 16. The van der Waals surface area contributed by atoms with E-state index in [0.29, 0.717) is 46.2 Å². The van der Waals surface area contributed by atoms with Crippen LogP contribution in [-0.2, 0) is 28.5 Å². The van der Waals surface area contributed by atoms with Gasteiger partial charge >= 0.3 is 0 Å². The largest absolute Gasteiger partial charge is 0.378 e. The van der Waals surface area contributed by atoms with Gasteiger partial charge < -0.3 is 29.6 Å². The van der Waals surface area contributed by atoms with Crippen LogP contribution in [-0.4, -0.2) is 83.2 Å². The average Bonchev–Trinajstić information content (AvgIpc) is 2.57. The van der Waals surface area contributed by atoms with Gasteiger partial charge in [0.1, 0.15) is 13.2 Å². The van der Waals surface area contributed by atoms with Gasteiger partial charge in [-0.2, -0.15) is 0 Å². The van der Waals surface area contributed by atoms with Crippen molar-refractivity contribution in [3.63, 3.8) is 0 Å². The summed E-state index contributed by atoms with van der Waals surface area (Å²) in [6, 6.07) is 0. The summed E-state index contributed by atoms with van der Waals surface area (Å²) < 4.78 is 21.3. The molecule has 0 bridgehead atoms. The number of ketones is 1. The van der Waals surface area contributed by atoms with Crippen LogP contribution in [0.15, 0.2) is 0 Å². The number of carbonyl (C=O) groups is 2. The van der Waals surface area contributed by atoms with E-state index in [9.17, 15) is 9.59 Å². The predicted octanol–water partition coefficient (Wildman–Crippen LogP) is 1.17. The first-order valence-electron chi connectivity index (χ1n) is 9.88. The maximum Gasteiger partial charge on any atom is 0.246 e. The number of hydrogen-bond acceptors (Lipinski definition) is 7. The standard InChI is InChI=1S/C20H40N2O6/c1-19(2,3)17(23)15-27-13-11-25-9-7-21-18(24)16-28-14-12-26-10-8-22-20(4,5)6/h22H,7-16H2,1-6H3,(H,21,24). The topological polar surface area (TPSA) is 95.1 Å². The summed E-state index contributed by atoms with van der Waals surface area (Å²) in [5.41, 5.74) is -0.303. The highest BCUT2D eigenvalue weighted by molar-refractivity contribution is 5.84. The van der Waals surface area contributed by atoms with E-state index >= 15 is 0 Å². The minimum Gasteiger partial charge on any atom is -0.378 e. The lowest BCUT2D eigenvalue weighted by Crippen LogP contribution is -2.38. The highest BCUT2D eigenvalue weighted by Gasteiger charge is 2.20. The van der Waals surface area contributed by atoms with E-state index in [-0.39, 0.29) is 35.9 Å². The van der Waals surface area contributed by atoms with Crippen LogP contribution in [0.2, 0.25) is 0 Å². The molecule has 28 heavy (non-hydrogen) atoms. The van der Waals surface area contributed by atoms with Gasteiger partial charge in [-0.1, -0.05) is 20.8 Å². The molecule has 0 fully saturated rings. The minimum atomic E-state index is -0.386. The highest BCUT2D eigenvalue weighted by atomic mass is 16.5. The molecule has 0 rings (SSSR count). The molecule has 0 heterocycles. The molecule has 0 aliphatic carbocycles. The van der Waals surface area contributed by atoms with Gasteiger partial charge in [0.05, 0.1) is 39.6 Å². The number of Topliss-reactive ketones (excluding diaryl/α,β-unsaturated/α-hetero) is 1. The molecule has 0 aromatic rings. The predicted molar refractivity (Wildman–Crippen MR) is 109 cm³/mol. The van der Waals surface area contributed by atoms with Gasteiger partial charge in [-0.3, -0.25) is 9.59 Å². The maximum absolute atomic E-state index is 11.6. The van der Waals surface area contributed by atoms with E-state index in [4.69, 9.17) is 18.9 Å². The molecule has 2 N–H and O–H groups in total. The molecule has 8 nitrogen and oxygen atoms in total. The number of hydrogen-bond donors (Lipinski definition) is 2. The smallest absolute Gasteiger partial charge is 0.246 e. The first-order chi connectivity index (χ1) is 13.0. The molecule has 0 spiro atoms. The number of carbonyl (C=O) groups excluding carboxylic acids is 2. The van der Waals surface area contributed by atoms with E-state index in [1.165, 1.54) is 0 Å². The molecule has 0 radical (unpaired) electrons. The van der Waals surface area contributed by atoms with Gasteiger partial charge in [0.15, 0.2) is 5.78 Å². The Morgan fingerprint density at radius 2 is 1.18 bits per heavy atom. The Labute approximate surface area is 170 Å². The van der Waals surface area contributed by atoms with Crippen molar-refractivity contribution in [1.29, 1.82) is 0 Å². The van der Waals surface area contributed by atoms with E-state index in [1.807, 2.05) is 20.8 Å². The van der Waals surface area contributed by atoms with Gasteiger partial charge in [0, 0.05) is 24.0 Å². The summed E-state index contributed by atoms with van der Waals surface area (Å²) in [6.07, 6.45) is 0. The number of amides is 1. The second-order valence-corrected chi connectivity index (χ2v) is 8.53. The minimum absolute atomic E-state index is 0.00161. The SMILES string of the molecule is CC(C)(C)NCCOCCOCC(=O)NCCOCCOCC(=O)C(C)(C)C. The zero-order valence-electron chi connectivity index (χ0n) is 18.5. The Morgan fingerprint density at radius 1 is 0.679 bits per heavy atom. The van der Waals surface area contributed by atoms with Crippen molar-refractivity contribution in [3.05, 3.63) is 0 Å². The molecule has 166 valence electrons. The number of nitrogens with one attached hydrogen (secondary N) is 2. The fraction of sp³-hybridized carbons (Fsp3) is 0.900. The van der Waals surface area contributed by atoms with Crippen molar-refractivity contribution in [2.75, 3.05) is 65.9 Å². The van der Waals surface area contributed by atoms with Crippen LogP contribution in [0.25, 0.3) is 0 Å². The Hall–Kier alpha value is -1.06. The van der Waals surface area contributed by atoms with Crippen molar-refractivity contribution in [2.45, 2.75) is 47.1 Å². The van der Waals surface area contributed by atoms with Crippen LogP contribution >= 0.6 is 0 Å². The zero-order chi connectivity index (χ0) is 21.5. The van der Waals surface area contributed by atoms with E-state index in [0.717, 1.165) is 6.54 Å². The Bertz CT molecular complexity index is 429. The highest BCUT2D eigenvalue weighted by Crippen LogP contribution is 2.14. The Morgan fingerprint density at radius 3 is 1.71 bits per heavy atom. The van der Waals surface area contributed by atoms with Crippen molar-refractivity contribution in [2.24, 2.45) is 5.41 Å². The van der Waals surface area contributed by atoms with Gasteiger partial charge in [-0.05, 0) is 20.8 Å². The summed E-state index contributed by atoms with van der Waals surface area (Å²) >= 11 is 0. The summed E-state index contributed by atoms with van der Waals surface area (Å²) in [6.45, 7) is 15.7. The fourth-order valence-corrected chi connectivity index (χ4v) is 1.80. The molecule has 0 saturated heterocycles. The second kappa shape index (κ2) is 14.9. The van der Waals surface area contributed by atoms with Crippen molar-refractivity contribution in [3.8, 4) is 0 Å². The van der Waals surface area contributed by atoms with Gasteiger partial charge in [0.25, 0.3) is 0 Å². The lowest BCUT2D eigenvalue weighted by atomic mass is 9.91. The molecule has 0 unspecified atom stereocenters. The van der Waals surface area contributed by atoms with Crippen LogP contribution in [0.4, 0.5) is 0 Å². The first kappa shape index (κ1) is 26.9. The molecular weight excluding hydrogens is 364 g/mol. The monoisotopic (exact) mass is 404 g/mol.